The van der Waals surface area contributed by atoms with Crippen LogP contribution in [-0.4, -0.2) is 47.9 Å². The van der Waals surface area contributed by atoms with Crippen LogP contribution in [0.4, 0.5) is 14.6 Å². The Kier molecular flexibility index (Phi) is 3.62. The second-order valence-electron chi connectivity index (χ2n) is 6.65. The molecule has 0 unspecified atom stereocenters. The third-order valence-corrected chi connectivity index (χ3v) is 4.95. The van der Waals surface area contributed by atoms with Gasteiger partial charge in [0.15, 0.2) is 0 Å². The monoisotopic (exact) mass is 331 g/mol. The summed E-state index contributed by atoms with van der Waals surface area (Å²) in [5.74, 6) is -1.85. The van der Waals surface area contributed by atoms with E-state index in [1.807, 2.05) is 36.4 Å². The molecule has 1 aromatic heterocycles. The normalized spacial score (nSPS) is 20.9. The summed E-state index contributed by atoms with van der Waals surface area (Å²) in [6.45, 7) is 1.54. The van der Waals surface area contributed by atoms with Gasteiger partial charge < -0.3 is 9.80 Å². The Hall–Kier alpha value is -2.24. The lowest BCUT2D eigenvalue weighted by molar-refractivity contribution is -0.142. The number of hydrogen-bond acceptors (Lipinski definition) is 3. The lowest BCUT2D eigenvalue weighted by atomic mass is 9.96. The van der Waals surface area contributed by atoms with E-state index >= 15 is 0 Å². The van der Waals surface area contributed by atoms with Gasteiger partial charge in [-0.05, 0) is 18.2 Å². The molecule has 2 aliphatic rings. The van der Waals surface area contributed by atoms with Crippen molar-refractivity contribution in [2.45, 2.75) is 18.8 Å². The SMILES string of the molecule is O=C(C1CN(c2ccc3ccccc3n2)C1)N1CCC(F)(F)CC1. The lowest BCUT2D eigenvalue weighted by Crippen LogP contribution is -2.56. The van der Waals surface area contributed by atoms with Gasteiger partial charge in [0, 0.05) is 44.4 Å². The summed E-state index contributed by atoms with van der Waals surface area (Å²) in [4.78, 5) is 20.7. The van der Waals surface area contributed by atoms with Crippen LogP contribution >= 0.6 is 0 Å². The zero-order valence-electron chi connectivity index (χ0n) is 13.3. The maximum absolute atomic E-state index is 13.2. The van der Waals surface area contributed by atoms with Crippen LogP contribution in [0.25, 0.3) is 10.9 Å². The van der Waals surface area contributed by atoms with Crippen LogP contribution in [0.1, 0.15) is 12.8 Å². The van der Waals surface area contributed by atoms with E-state index in [9.17, 15) is 13.6 Å². The predicted molar refractivity (Wildman–Crippen MR) is 88.2 cm³/mol. The quantitative estimate of drug-likeness (QED) is 0.849. The van der Waals surface area contributed by atoms with Crippen molar-refractivity contribution in [1.29, 1.82) is 0 Å². The van der Waals surface area contributed by atoms with Crippen molar-refractivity contribution in [3.63, 3.8) is 0 Å². The molecule has 0 radical (unpaired) electrons. The Morgan fingerprint density at radius 3 is 2.54 bits per heavy atom. The van der Waals surface area contributed by atoms with Crippen molar-refractivity contribution in [1.82, 2.24) is 9.88 Å². The minimum absolute atomic E-state index is 0.00235. The van der Waals surface area contributed by atoms with Crippen LogP contribution in [0.15, 0.2) is 36.4 Å². The third-order valence-electron chi connectivity index (χ3n) is 4.95. The van der Waals surface area contributed by atoms with Gasteiger partial charge in [0.25, 0.3) is 5.92 Å². The molecule has 3 heterocycles. The Bertz CT molecular complexity index is 764. The molecule has 126 valence electrons. The number of alkyl halides is 2. The number of carbonyl (C=O) groups is 1. The number of aromatic nitrogens is 1. The van der Waals surface area contributed by atoms with E-state index in [1.165, 1.54) is 0 Å². The molecule has 0 saturated carbocycles. The van der Waals surface area contributed by atoms with E-state index in [4.69, 9.17) is 0 Å². The van der Waals surface area contributed by atoms with E-state index in [2.05, 4.69) is 9.88 Å². The predicted octanol–water partition coefficient (Wildman–Crippen LogP) is 2.93. The number of anilines is 1. The van der Waals surface area contributed by atoms with Gasteiger partial charge in [0.1, 0.15) is 5.82 Å². The number of benzene rings is 1. The van der Waals surface area contributed by atoms with E-state index in [0.717, 1.165) is 16.7 Å². The topological polar surface area (TPSA) is 36.4 Å². The number of nitrogens with zero attached hydrogens (tertiary/aromatic N) is 3. The third kappa shape index (κ3) is 2.81. The second kappa shape index (κ2) is 5.69. The number of halogens is 2. The minimum Gasteiger partial charge on any atom is -0.355 e. The Morgan fingerprint density at radius 2 is 1.79 bits per heavy atom. The highest BCUT2D eigenvalue weighted by atomic mass is 19.3. The number of likely N-dealkylation sites (tertiary alicyclic amines) is 1. The van der Waals surface area contributed by atoms with Gasteiger partial charge in [0.05, 0.1) is 11.4 Å². The van der Waals surface area contributed by atoms with Crippen molar-refractivity contribution in [2.24, 2.45) is 5.92 Å². The maximum atomic E-state index is 13.2. The average molecular weight is 331 g/mol. The van der Waals surface area contributed by atoms with Crippen molar-refractivity contribution in [3.8, 4) is 0 Å². The van der Waals surface area contributed by atoms with Gasteiger partial charge >= 0.3 is 0 Å². The highest BCUT2D eigenvalue weighted by Gasteiger charge is 2.40. The first-order chi connectivity index (χ1) is 11.5. The van der Waals surface area contributed by atoms with Crippen LogP contribution in [0, 0.1) is 5.92 Å². The average Bonchev–Trinajstić information content (AvgIpc) is 2.53. The van der Waals surface area contributed by atoms with Crippen molar-refractivity contribution in [3.05, 3.63) is 36.4 Å². The number of fused-ring (bicyclic) bond motifs is 1. The van der Waals surface area contributed by atoms with Gasteiger partial charge in [-0.3, -0.25) is 4.79 Å². The van der Waals surface area contributed by atoms with E-state index in [-0.39, 0.29) is 37.8 Å². The summed E-state index contributed by atoms with van der Waals surface area (Å²) >= 11 is 0. The fraction of sp³-hybridized carbons (Fsp3) is 0.444. The summed E-state index contributed by atoms with van der Waals surface area (Å²) in [5.41, 5.74) is 0.933. The second-order valence-corrected chi connectivity index (χ2v) is 6.65. The highest BCUT2D eigenvalue weighted by molar-refractivity contribution is 5.83. The zero-order valence-corrected chi connectivity index (χ0v) is 13.3. The van der Waals surface area contributed by atoms with Crippen LogP contribution < -0.4 is 4.90 Å². The first kappa shape index (κ1) is 15.3. The first-order valence-electron chi connectivity index (χ1n) is 8.29. The van der Waals surface area contributed by atoms with E-state index < -0.39 is 5.92 Å². The number of piperidine rings is 1. The molecule has 2 saturated heterocycles. The molecule has 0 aliphatic carbocycles. The Labute approximate surface area is 139 Å². The molecule has 0 spiro atoms. The number of rotatable bonds is 2. The number of hydrogen-bond donors (Lipinski definition) is 0. The smallest absolute Gasteiger partial charge is 0.251 e. The maximum Gasteiger partial charge on any atom is 0.251 e. The van der Waals surface area contributed by atoms with Crippen LogP contribution in [0.5, 0.6) is 0 Å². The molecule has 0 atom stereocenters. The van der Waals surface area contributed by atoms with Crippen LogP contribution in [-0.2, 0) is 4.79 Å². The van der Waals surface area contributed by atoms with Crippen LogP contribution in [0.2, 0.25) is 0 Å². The molecular formula is C18H19F2N3O. The molecular weight excluding hydrogens is 312 g/mol. The molecule has 24 heavy (non-hydrogen) atoms. The molecule has 2 aromatic rings. The molecule has 4 rings (SSSR count). The van der Waals surface area contributed by atoms with Gasteiger partial charge in [-0.15, -0.1) is 0 Å². The van der Waals surface area contributed by atoms with E-state index in [0.29, 0.717) is 13.1 Å². The van der Waals surface area contributed by atoms with Crippen molar-refractivity contribution < 1.29 is 13.6 Å². The number of carbonyl (C=O) groups excluding carboxylic acids is 1. The van der Waals surface area contributed by atoms with Crippen LogP contribution in [0.3, 0.4) is 0 Å². The summed E-state index contributed by atoms with van der Waals surface area (Å²) in [6, 6.07) is 11.9. The summed E-state index contributed by atoms with van der Waals surface area (Å²) < 4.78 is 26.4. The van der Waals surface area contributed by atoms with E-state index in [1.54, 1.807) is 4.90 Å². The Balaban J connectivity index is 1.38. The number of pyridine rings is 1. The molecule has 1 aromatic carbocycles. The fourth-order valence-electron chi connectivity index (χ4n) is 3.37. The molecule has 4 nitrogen and oxygen atoms in total. The van der Waals surface area contributed by atoms with Gasteiger partial charge in [0.2, 0.25) is 5.91 Å². The highest BCUT2D eigenvalue weighted by Crippen LogP contribution is 2.31. The zero-order chi connectivity index (χ0) is 16.7. The largest absolute Gasteiger partial charge is 0.355 e. The first-order valence-corrected chi connectivity index (χ1v) is 8.29. The summed E-state index contributed by atoms with van der Waals surface area (Å²) in [5, 5.41) is 1.09. The van der Waals surface area contributed by atoms with Gasteiger partial charge in [-0.2, -0.15) is 0 Å². The molecule has 0 N–H and O–H groups in total. The minimum atomic E-state index is -2.61. The van der Waals surface area contributed by atoms with Crippen molar-refractivity contribution >= 4 is 22.6 Å². The van der Waals surface area contributed by atoms with Gasteiger partial charge in [-0.25, -0.2) is 13.8 Å². The molecule has 2 aliphatic heterocycles. The summed E-state index contributed by atoms with van der Waals surface area (Å²) in [7, 11) is 0. The molecule has 2 fully saturated rings. The number of amides is 1. The standard InChI is InChI=1S/C18H19F2N3O/c19-18(20)7-9-22(10-8-18)17(24)14-11-23(12-14)16-6-5-13-3-1-2-4-15(13)21-16/h1-6,14H,7-12H2. The molecule has 6 heteroatoms. The molecule has 1 amide bonds. The Morgan fingerprint density at radius 1 is 1.08 bits per heavy atom. The van der Waals surface area contributed by atoms with Crippen molar-refractivity contribution in [2.75, 3.05) is 31.1 Å². The number of para-hydroxylation sites is 1. The lowest BCUT2D eigenvalue weighted by Gasteiger charge is -2.42. The molecule has 0 bridgehead atoms. The summed E-state index contributed by atoms with van der Waals surface area (Å²) in [6.07, 6.45) is -0.442. The fourth-order valence-corrected chi connectivity index (χ4v) is 3.37. The van der Waals surface area contributed by atoms with Gasteiger partial charge in [-0.1, -0.05) is 18.2 Å².